The lowest BCUT2D eigenvalue weighted by Gasteiger charge is -2.29. The second-order valence-corrected chi connectivity index (χ2v) is 11.4. The minimum Gasteiger partial charge on any atom is -0.363 e. The van der Waals surface area contributed by atoms with E-state index in [1.165, 1.54) is 28.7 Å². The van der Waals surface area contributed by atoms with E-state index in [4.69, 9.17) is 14.7 Å². The molecular weight excluding hydrogens is 430 g/mol. The first-order chi connectivity index (χ1) is 15.5. The smallest absolute Gasteiger partial charge is 0.163 e. The van der Waals surface area contributed by atoms with Crippen molar-refractivity contribution in [3.05, 3.63) is 39.5 Å². The number of fused-ring (bicyclic) bond motifs is 3. The molecule has 0 aromatic carbocycles. The summed E-state index contributed by atoms with van der Waals surface area (Å²) in [6.45, 7) is 11.7. The van der Waals surface area contributed by atoms with Crippen molar-refractivity contribution in [1.29, 1.82) is 0 Å². The van der Waals surface area contributed by atoms with Gasteiger partial charge in [0, 0.05) is 52.9 Å². The third kappa shape index (κ3) is 4.56. The fraction of sp³-hybridized carbons (Fsp3) is 0.519. The normalized spacial score (nSPS) is 14.9. The van der Waals surface area contributed by atoms with Gasteiger partial charge in [-0.25, -0.2) is 9.97 Å². The molecule has 0 radical (unpaired) electrons. The number of aromatic nitrogens is 2. The highest BCUT2D eigenvalue weighted by molar-refractivity contribution is 7.19. The van der Waals surface area contributed by atoms with Crippen LogP contribution in [0, 0.1) is 13.8 Å². The lowest BCUT2D eigenvalue weighted by atomic mass is 9.87. The quantitative estimate of drug-likeness (QED) is 0.438. The topological polar surface area (TPSA) is 55.3 Å². The number of rotatable bonds is 5. The number of hydrogen-bond acceptors (Lipinski definition) is 6. The van der Waals surface area contributed by atoms with Crippen LogP contribution in [-0.2, 0) is 22.4 Å². The van der Waals surface area contributed by atoms with Gasteiger partial charge in [0.25, 0.3) is 0 Å². The molecule has 6 heteroatoms. The second kappa shape index (κ2) is 8.80. The standard InChI is InChI=1S/C27H35N3O2S/c1-15-13-18(14-28-25(15)30(7)8)22-21(24(17(3)31)32-27(4,5)6)16(2)29-26-23(22)19-11-9-10-12-20(19)33-26/h13-14,24H,9-12H2,1-8H3. The number of nitrogens with zero attached hydrogens (tertiary/aromatic N) is 3. The minimum absolute atomic E-state index is 0.00545. The van der Waals surface area contributed by atoms with Gasteiger partial charge >= 0.3 is 0 Å². The molecule has 33 heavy (non-hydrogen) atoms. The van der Waals surface area contributed by atoms with Crippen LogP contribution in [0.2, 0.25) is 0 Å². The molecule has 4 rings (SSSR count). The maximum atomic E-state index is 13.0. The Morgan fingerprint density at radius 2 is 1.88 bits per heavy atom. The third-order valence-corrected chi connectivity index (χ3v) is 7.38. The van der Waals surface area contributed by atoms with Crippen LogP contribution in [0.4, 0.5) is 5.82 Å². The zero-order valence-electron chi connectivity index (χ0n) is 21.1. The van der Waals surface area contributed by atoms with E-state index in [0.29, 0.717) is 0 Å². The SMILES string of the molecule is CC(=O)C(OC(C)(C)C)c1c(C)nc2sc3c(c2c1-c1cnc(N(C)C)c(C)c1)CCCC3. The molecule has 3 heterocycles. The maximum absolute atomic E-state index is 13.0. The average Bonchev–Trinajstić information content (AvgIpc) is 3.07. The monoisotopic (exact) mass is 465 g/mol. The van der Waals surface area contributed by atoms with E-state index < -0.39 is 11.7 Å². The molecule has 0 saturated heterocycles. The highest BCUT2D eigenvalue weighted by Gasteiger charge is 2.32. The fourth-order valence-electron chi connectivity index (χ4n) is 4.91. The van der Waals surface area contributed by atoms with E-state index >= 15 is 0 Å². The highest BCUT2D eigenvalue weighted by Crippen LogP contribution is 2.46. The Bertz CT molecular complexity index is 1220. The van der Waals surface area contributed by atoms with E-state index in [1.54, 1.807) is 6.92 Å². The van der Waals surface area contributed by atoms with Gasteiger partial charge in [-0.2, -0.15) is 0 Å². The zero-order valence-corrected chi connectivity index (χ0v) is 21.9. The summed E-state index contributed by atoms with van der Waals surface area (Å²) in [6.07, 6.45) is 5.84. The van der Waals surface area contributed by atoms with Crippen LogP contribution in [0.1, 0.15) is 73.9 Å². The first-order valence-corrected chi connectivity index (χ1v) is 12.6. The third-order valence-electron chi connectivity index (χ3n) is 6.20. The van der Waals surface area contributed by atoms with Gasteiger partial charge in [-0.15, -0.1) is 11.3 Å². The Morgan fingerprint density at radius 3 is 2.48 bits per heavy atom. The van der Waals surface area contributed by atoms with Gasteiger partial charge in [0.2, 0.25) is 0 Å². The summed E-state index contributed by atoms with van der Waals surface area (Å²) in [5.41, 5.74) is 5.88. The predicted octanol–water partition coefficient (Wildman–Crippen LogP) is 6.37. The van der Waals surface area contributed by atoms with Crippen LogP contribution in [-0.4, -0.2) is 35.4 Å². The summed E-state index contributed by atoms with van der Waals surface area (Å²) in [4.78, 5) is 27.3. The number of Topliss-reactive ketones (excluding diaryl/α,β-unsaturated/α-hetero) is 1. The van der Waals surface area contributed by atoms with Crippen molar-refractivity contribution in [2.45, 2.75) is 78.9 Å². The first kappa shape index (κ1) is 23.8. The van der Waals surface area contributed by atoms with Crippen molar-refractivity contribution >= 4 is 33.2 Å². The van der Waals surface area contributed by atoms with Gasteiger partial charge in [-0.05, 0) is 84.4 Å². The molecule has 1 aliphatic carbocycles. The van der Waals surface area contributed by atoms with Gasteiger partial charge in [0.1, 0.15) is 16.8 Å². The van der Waals surface area contributed by atoms with Crippen molar-refractivity contribution in [2.24, 2.45) is 0 Å². The average molecular weight is 466 g/mol. The number of hydrogen-bond donors (Lipinski definition) is 0. The van der Waals surface area contributed by atoms with Crippen LogP contribution >= 0.6 is 11.3 Å². The van der Waals surface area contributed by atoms with Crippen LogP contribution in [0.15, 0.2) is 12.3 Å². The molecule has 0 fully saturated rings. The number of thiophene rings is 1. The summed E-state index contributed by atoms with van der Waals surface area (Å²) in [6, 6.07) is 2.20. The summed E-state index contributed by atoms with van der Waals surface area (Å²) in [7, 11) is 4.01. The fourth-order valence-corrected chi connectivity index (χ4v) is 6.23. The molecule has 1 aliphatic rings. The van der Waals surface area contributed by atoms with Crippen molar-refractivity contribution in [3.8, 4) is 11.1 Å². The molecule has 176 valence electrons. The zero-order chi connectivity index (χ0) is 24.1. The number of carbonyl (C=O) groups is 1. The van der Waals surface area contributed by atoms with E-state index in [2.05, 4.69) is 13.0 Å². The van der Waals surface area contributed by atoms with Crippen molar-refractivity contribution in [1.82, 2.24) is 9.97 Å². The van der Waals surface area contributed by atoms with Crippen molar-refractivity contribution < 1.29 is 9.53 Å². The Balaban J connectivity index is 2.08. The molecule has 5 nitrogen and oxygen atoms in total. The molecule has 0 spiro atoms. The van der Waals surface area contributed by atoms with Crippen LogP contribution < -0.4 is 4.90 Å². The number of pyridine rings is 2. The number of anilines is 1. The lowest BCUT2D eigenvalue weighted by Crippen LogP contribution is -2.27. The second-order valence-electron chi connectivity index (χ2n) is 10.4. The van der Waals surface area contributed by atoms with Crippen LogP contribution in [0.3, 0.4) is 0 Å². The van der Waals surface area contributed by atoms with Gasteiger partial charge in [0.05, 0.1) is 5.60 Å². The molecule has 3 aromatic rings. The summed E-state index contributed by atoms with van der Waals surface area (Å²) in [5.74, 6) is 0.942. The molecule has 1 atom stereocenters. The highest BCUT2D eigenvalue weighted by atomic mass is 32.1. The Labute approximate surface area is 201 Å². The minimum atomic E-state index is -0.676. The molecule has 0 saturated carbocycles. The largest absolute Gasteiger partial charge is 0.363 e. The summed E-state index contributed by atoms with van der Waals surface area (Å²) < 4.78 is 6.38. The van der Waals surface area contributed by atoms with E-state index in [0.717, 1.165) is 51.4 Å². The van der Waals surface area contributed by atoms with Crippen molar-refractivity contribution in [3.63, 3.8) is 0 Å². The van der Waals surface area contributed by atoms with E-state index in [-0.39, 0.29) is 5.78 Å². The molecule has 0 bridgehead atoms. The lowest BCUT2D eigenvalue weighted by molar-refractivity contribution is -0.138. The van der Waals surface area contributed by atoms with Gasteiger partial charge in [-0.1, -0.05) is 0 Å². The van der Waals surface area contributed by atoms with Gasteiger partial charge in [0.15, 0.2) is 5.78 Å². The number of aryl methyl sites for hydroxylation is 4. The molecular formula is C27H35N3O2S. The molecule has 0 amide bonds. The number of carbonyl (C=O) groups excluding carboxylic acids is 1. The maximum Gasteiger partial charge on any atom is 0.163 e. The van der Waals surface area contributed by atoms with Crippen molar-refractivity contribution in [2.75, 3.05) is 19.0 Å². The number of ketones is 1. The Kier molecular flexibility index (Phi) is 6.36. The predicted molar refractivity (Wildman–Crippen MR) is 138 cm³/mol. The molecule has 0 N–H and O–H groups in total. The van der Waals surface area contributed by atoms with E-state index in [9.17, 15) is 4.79 Å². The molecule has 0 aliphatic heterocycles. The summed E-state index contributed by atoms with van der Waals surface area (Å²) >= 11 is 1.81. The van der Waals surface area contributed by atoms with Crippen LogP contribution in [0.25, 0.3) is 21.3 Å². The molecule has 1 unspecified atom stereocenters. The summed E-state index contributed by atoms with van der Waals surface area (Å²) in [5, 5.41) is 1.19. The Hall–Kier alpha value is -2.31. The first-order valence-electron chi connectivity index (χ1n) is 11.7. The number of ether oxygens (including phenoxy) is 1. The van der Waals surface area contributed by atoms with Crippen LogP contribution in [0.5, 0.6) is 0 Å². The Morgan fingerprint density at radius 1 is 1.18 bits per heavy atom. The van der Waals surface area contributed by atoms with E-state index in [1.807, 2.05) is 64.2 Å². The van der Waals surface area contributed by atoms with Gasteiger partial charge in [-0.3, -0.25) is 4.79 Å². The van der Waals surface area contributed by atoms with Gasteiger partial charge < -0.3 is 9.64 Å². The molecule has 3 aromatic heterocycles.